The largest absolute Gasteiger partial charge is 0.417 e. The Morgan fingerprint density at radius 2 is 1.91 bits per heavy atom. The molecule has 0 bridgehead atoms. The van der Waals surface area contributed by atoms with Crippen molar-refractivity contribution in [2.24, 2.45) is 0 Å². The van der Waals surface area contributed by atoms with Gasteiger partial charge in [0.2, 0.25) is 5.91 Å². The number of fused-ring (bicyclic) bond motifs is 1. The van der Waals surface area contributed by atoms with E-state index < -0.39 is 29.4 Å². The van der Waals surface area contributed by atoms with E-state index >= 15 is 0 Å². The number of hydrogen-bond donors (Lipinski definition) is 3. The van der Waals surface area contributed by atoms with Crippen molar-refractivity contribution >= 4 is 22.8 Å². The minimum atomic E-state index is -4.59. The molecule has 5 rings (SSSR count). The predicted octanol–water partition coefficient (Wildman–Crippen LogP) is 4.90. The second-order valence-corrected chi connectivity index (χ2v) is 7.30. The Hall–Kier alpha value is -4.03. The molecule has 3 N–H and O–H groups in total. The standard InChI is InChI=1S/C20H13F5N6O2.C2H6/c21-9-5-10-14(18-30-31-19(33-18)28-13-3-4-26-17(13)32)16(29-15(10)11(22)6-9)12-2-1-8(7-27-12)20(23,24)25;1-2/h1-2,5-7,13,29H,3-4H2,(H,26,32)(H,28,31);1-2H3. The van der Waals surface area contributed by atoms with Crippen LogP contribution in [0.5, 0.6) is 0 Å². The van der Waals surface area contributed by atoms with Crippen molar-refractivity contribution in [1.29, 1.82) is 0 Å². The quantitative estimate of drug-likeness (QED) is 0.348. The number of aromatic nitrogens is 4. The summed E-state index contributed by atoms with van der Waals surface area (Å²) < 4.78 is 72.8. The molecule has 1 aromatic carbocycles. The molecule has 35 heavy (non-hydrogen) atoms. The van der Waals surface area contributed by atoms with E-state index in [2.05, 4.69) is 30.8 Å². The first-order valence-electron chi connectivity index (χ1n) is 10.6. The summed E-state index contributed by atoms with van der Waals surface area (Å²) in [6, 6.07) is 2.89. The van der Waals surface area contributed by atoms with Gasteiger partial charge >= 0.3 is 12.2 Å². The minimum Gasteiger partial charge on any atom is -0.403 e. The molecular weight excluding hydrogens is 475 g/mol. The van der Waals surface area contributed by atoms with Crippen LogP contribution in [-0.2, 0) is 11.0 Å². The summed E-state index contributed by atoms with van der Waals surface area (Å²) >= 11 is 0. The molecule has 1 fully saturated rings. The number of pyridine rings is 1. The number of rotatable bonds is 4. The van der Waals surface area contributed by atoms with Crippen molar-refractivity contribution in [2.75, 3.05) is 11.9 Å². The van der Waals surface area contributed by atoms with Gasteiger partial charge in [0.25, 0.3) is 5.89 Å². The first kappa shape index (κ1) is 24.1. The van der Waals surface area contributed by atoms with E-state index in [0.717, 1.165) is 18.2 Å². The number of nitrogens with one attached hydrogen (secondary N) is 3. The number of halogens is 5. The smallest absolute Gasteiger partial charge is 0.403 e. The van der Waals surface area contributed by atoms with E-state index in [1.165, 1.54) is 0 Å². The van der Waals surface area contributed by atoms with Gasteiger partial charge in [0, 0.05) is 24.2 Å². The zero-order valence-corrected chi connectivity index (χ0v) is 18.4. The second-order valence-electron chi connectivity index (χ2n) is 7.30. The van der Waals surface area contributed by atoms with Crippen molar-refractivity contribution < 1.29 is 31.2 Å². The van der Waals surface area contributed by atoms with Crippen LogP contribution in [0.2, 0.25) is 0 Å². The monoisotopic (exact) mass is 494 g/mol. The molecule has 0 aliphatic carbocycles. The zero-order chi connectivity index (χ0) is 25.3. The third-order valence-corrected chi connectivity index (χ3v) is 5.16. The van der Waals surface area contributed by atoms with Gasteiger partial charge in [0.15, 0.2) is 0 Å². The number of nitrogens with zero attached hydrogens (tertiary/aromatic N) is 3. The highest BCUT2D eigenvalue weighted by molar-refractivity contribution is 6.01. The van der Waals surface area contributed by atoms with Crippen molar-refractivity contribution in [3.8, 4) is 22.8 Å². The highest BCUT2D eigenvalue weighted by Crippen LogP contribution is 2.39. The number of carbonyl (C=O) groups is 1. The summed E-state index contributed by atoms with van der Waals surface area (Å²) in [6.45, 7) is 4.47. The van der Waals surface area contributed by atoms with Crippen LogP contribution in [0.25, 0.3) is 33.7 Å². The van der Waals surface area contributed by atoms with Crippen LogP contribution in [-0.4, -0.2) is 38.7 Å². The Labute approximate surface area is 195 Å². The summed E-state index contributed by atoms with van der Waals surface area (Å²) in [7, 11) is 0. The Morgan fingerprint density at radius 1 is 1.14 bits per heavy atom. The van der Waals surface area contributed by atoms with Crippen LogP contribution in [0.4, 0.5) is 28.0 Å². The fraction of sp³-hybridized carbons (Fsp3) is 0.273. The Morgan fingerprint density at radius 3 is 2.54 bits per heavy atom. The average Bonchev–Trinajstić information content (AvgIpc) is 3.54. The SMILES string of the molecule is CC.O=C1NCCC1Nc1nnc(-c2c(-c3ccc(C(F)(F)F)cn3)[nH]c3c(F)cc(F)cc23)o1. The number of benzene rings is 1. The molecule has 1 atom stereocenters. The first-order valence-corrected chi connectivity index (χ1v) is 10.6. The summed E-state index contributed by atoms with van der Waals surface area (Å²) in [4.78, 5) is 18.3. The van der Waals surface area contributed by atoms with Crippen molar-refractivity contribution in [3.63, 3.8) is 0 Å². The fourth-order valence-corrected chi connectivity index (χ4v) is 3.61. The van der Waals surface area contributed by atoms with Crippen LogP contribution in [0.1, 0.15) is 25.8 Å². The number of alkyl halides is 3. The maximum absolute atomic E-state index is 14.4. The Balaban J connectivity index is 0.00000141. The minimum absolute atomic E-state index is 0.0110. The van der Waals surface area contributed by atoms with Gasteiger partial charge in [0.05, 0.1) is 28.0 Å². The highest BCUT2D eigenvalue weighted by Gasteiger charge is 2.31. The normalized spacial score (nSPS) is 15.6. The van der Waals surface area contributed by atoms with Crippen LogP contribution in [0.15, 0.2) is 34.9 Å². The lowest BCUT2D eigenvalue weighted by Gasteiger charge is -2.07. The summed E-state index contributed by atoms with van der Waals surface area (Å²) in [5.41, 5.74) is -0.979. The van der Waals surface area contributed by atoms with Gasteiger partial charge in [-0.15, -0.1) is 5.10 Å². The van der Waals surface area contributed by atoms with Gasteiger partial charge in [-0.25, -0.2) is 8.78 Å². The third-order valence-electron chi connectivity index (χ3n) is 5.16. The van der Waals surface area contributed by atoms with E-state index in [-0.39, 0.29) is 45.7 Å². The molecule has 1 unspecified atom stereocenters. The van der Waals surface area contributed by atoms with E-state index in [4.69, 9.17) is 4.42 Å². The average molecular weight is 494 g/mol. The number of amides is 1. The van der Waals surface area contributed by atoms with Gasteiger partial charge in [0.1, 0.15) is 17.7 Å². The topological polar surface area (TPSA) is 109 Å². The zero-order valence-electron chi connectivity index (χ0n) is 18.4. The fourth-order valence-electron chi connectivity index (χ4n) is 3.61. The third kappa shape index (κ3) is 4.66. The first-order chi connectivity index (χ1) is 16.7. The van der Waals surface area contributed by atoms with Crippen LogP contribution in [0.3, 0.4) is 0 Å². The lowest BCUT2D eigenvalue weighted by Crippen LogP contribution is -2.29. The Kier molecular flexibility index (Phi) is 6.41. The molecule has 0 spiro atoms. The number of carbonyl (C=O) groups excluding carboxylic acids is 1. The molecule has 0 radical (unpaired) electrons. The summed E-state index contributed by atoms with van der Waals surface area (Å²) in [6.07, 6.45) is -3.48. The van der Waals surface area contributed by atoms with E-state index in [1.807, 2.05) is 13.8 Å². The van der Waals surface area contributed by atoms with Gasteiger partial charge in [-0.3, -0.25) is 9.78 Å². The lowest BCUT2D eigenvalue weighted by atomic mass is 10.1. The maximum Gasteiger partial charge on any atom is 0.417 e. The van der Waals surface area contributed by atoms with E-state index in [1.54, 1.807) is 0 Å². The van der Waals surface area contributed by atoms with Gasteiger partial charge in [-0.2, -0.15) is 13.2 Å². The molecule has 8 nitrogen and oxygen atoms in total. The lowest BCUT2D eigenvalue weighted by molar-refractivity contribution is -0.137. The maximum atomic E-state index is 14.4. The molecule has 4 aromatic rings. The molecule has 0 saturated carbocycles. The van der Waals surface area contributed by atoms with Gasteiger partial charge < -0.3 is 20.0 Å². The van der Waals surface area contributed by atoms with Crippen molar-refractivity contribution in [3.05, 3.63) is 47.7 Å². The molecule has 1 aliphatic rings. The number of aromatic amines is 1. The van der Waals surface area contributed by atoms with Gasteiger partial charge in [-0.05, 0) is 24.6 Å². The van der Waals surface area contributed by atoms with Crippen LogP contribution < -0.4 is 10.6 Å². The molecule has 1 saturated heterocycles. The van der Waals surface area contributed by atoms with Crippen LogP contribution >= 0.6 is 0 Å². The Bertz CT molecular complexity index is 1360. The predicted molar refractivity (Wildman–Crippen MR) is 116 cm³/mol. The van der Waals surface area contributed by atoms with Crippen molar-refractivity contribution in [2.45, 2.75) is 32.5 Å². The summed E-state index contributed by atoms with van der Waals surface area (Å²) in [5.74, 6) is -2.23. The molecule has 3 aromatic heterocycles. The van der Waals surface area contributed by atoms with Gasteiger partial charge in [-0.1, -0.05) is 18.9 Å². The molecule has 13 heteroatoms. The van der Waals surface area contributed by atoms with Crippen LogP contribution in [0, 0.1) is 11.6 Å². The number of H-pyrrole nitrogens is 1. The summed E-state index contributed by atoms with van der Waals surface area (Å²) in [5, 5.41) is 13.2. The van der Waals surface area contributed by atoms with Crippen molar-refractivity contribution in [1.82, 2.24) is 25.5 Å². The highest BCUT2D eigenvalue weighted by atomic mass is 19.4. The van der Waals surface area contributed by atoms with E-state index in [9.17, 15) is 26.7 Å². The molecule has 184 valence electrons. The number of anilines is 1. The molecule has 1 amide bonds. The molecular formula is C22H19F5N6O2. The molecule has 4 heterocycles. The van der Waals surface area contributed by atoms with E-state index in [0.29, 0.717) is 25.2 Å². The molecule has 1 aliphatic heterocycles. The second kappa shape index (κ2) is 9.31. The number of hydrogen-bond acceptors (Lipinski definition) is 6.